The number of ether oxygens (including phenoxy) is 2. The van der Waals surface area contributed by atoms with E-state index in [1.54, 1.807) is 12.1 Å². The number of hydrogen-bond acceptors (Lipinski definition) is 6. The summed E-state index contributed by atoms with van der Waals surface area (Å²) in [5.74, 6) is 0.639. The SMILES string of the molecule is O=C(/C=C/c1ccccc1)NCC(=O)Nc1nc2cc3c(cc2s1)OCCO3. The van der Waals surface area contributed by atoms with Gasteiger partial charge in [-0.3, -0.25) is 9.59 Å². The summed E-state index contributed by atoms with van der Waals surface area (Å²) in [6.45, 7) is 0.876. The molecule has 0 unspecified atom stereocenters. The van der Waals surface area contributed by atoms with Crippen molar-refractivity contribution >= 4 is 44.6 Å². The molecule has 2 N–H and O–H groups in total. The molecule has 7 nitrogen and oxygen atoms in total. The molecular formula is C20H17N3O4S. The molecule has 1 aromatic heterocycles. The van der Waals surface area contributed by atoms with Crippen molar-refractivity contribution in [1.82, 2.24) is 10.3 Å². The first-order valence-corrected chi connectivity index (χ1v) is 9.50. The third kappa shape index (κ3) is 4.29. The number of rotatable bonds is 5. The molecule has 1 aliphatic heterocycles. The van der Waals surface area contributed by atoms with Gasteiger partial charge in [0.1, 0.15) is 13.2 Å². The van der Waals surface area contributed by atoms with Gasteiger partial charge in [-0.1, -0.05) is 41.7 Å². The van der Waals surface area contributed by atoms with Crippen LogP contribution in [0, 0.1) is 0 Å². The number of nitrogens with zero attached hydrogens (tertiary/aromatic N) is 1. The van der Waals surface area contributed by atoms with Crippen LogP contribution in [0.3, 0.4) is 0 Å². The number of aromatic nitrogens is 1. The van der Waals surface area contributed by atoms with E-state index in [2.05, 4.69) is 15.6 Å². The van der Waals surface area contributed by atoms with Gasteiger partial charge in [0.25, 0.3) is 0 Å². The molecule has 0 radical (unpaired) electrons. The van der Waals surface area contributed by atoms with Crippen LogP contribution in [-0.2, 0) is 9.59 Å². The lowest BCUT2D eigenvalue weighted by atomic mass is 10.2. The van der Waals surface area contributed by atoms with Crippen molar-refractivity contribution in [3.8, 4) is 11.5 Å². The van der Waals surface area contributed by atoms with Crippen LogP contribution in [0.4, 0.5) is 5.13 Å². The van der Waals surface area contributed by atoms with Crippen LogP contribution >= 0.6 is 11.3 Å². The first-order valence-electron chi connectivity index (χ1n) is 8.68. The molecule has 4 rings (SSSR count). The molecule has 0 spiro atoms. The fraction of sp³-hybridized carbons (Fsp3) is 0.150. The maximum absolute atomic E-state index is 12.1. The average molecular weight is 395 g/mol. The van der Waals surface area contributed by atoms with Gasteiger partial charge in [-0.2, -0.15) is 0 Å². The van der Waals surface area contributed by atoms with E-state index in [0.717, 1.165) is 15.8 Å². The van der Waals surface area contributed by atoms with E-state index in [1.165, 1.54) is 17.4 Å². The predicted octanol–water partition coefficient (Wildman–Crippen LogP) is 2.84. The summed E-state index contributed by atoms with van der Waals surface area (Å²) in [5.41, 5.74) is 1.63. The first-order chi connectivity index (χ1) is 13.7. The molecule has 0 bridgehead atoms. The Labute approximate surface area is 165 Å². The minimum atomic E-state index is -0.349. The number of hydrogen-bond donors (Lipinski definition) is 2. The Balaban J connectivity index is 1.33. The molecule has 0 saturated heterocycles. The van der Waals surface area contributed by atoms with Gasteiger partial charge >= 0.3 is 0 Å². The topological polar surface area (TPSA) is 89.6 Å². The van der Waals surface area contributed by atoms with Gasteiger partial charge in [0.05, 0.1) is 16.8 Å². The number of carbonyl (C=O) groups excluding carboxylic acids is 2. The number of fused-ring (bicyclic) bond motifs is 2. The zero-order valence-corrected chi connectivity index (χ0v) is 15.6. The Kier molecular flexibility index (Phi) is 5.20. The average Bonchev–Trinajstić information content (AvgIpc) is 3.10. The smallest absolute Gasteiger partial charge is 0.245 e. The fourth-order valence-corrected chi connectivity index (χ4v) is 3.54. The van der Waals surface area contributed by atoms with Crippen LogP contribution in [0.1, 0.15) is 5.56 Å². The minimum Gasteiger partial charge on any atom is -0.486 e. The second-order valence-electron chi connectivity index (χ2n) is 5.99. The molecular weight excluding hydrogens is 378 g/mol. The molecule has 2 aromatic carbocycles. The zero-order chi connectivity index (χ0) is 19.3. The standard InChI is InChI=1S/C20H17N3O4S/c24-18(7-6-13-4-2-1-3-5-13)21-12-19(25)23-20-22-14-10-15-16(11-17(14)28-20)27-9-8-26-15/h1-7,10-11H,8-9,12H2,(H,21,24)(H,22,23,25)/b7-6+. The summed E-state index contributed by atoms with van der Waals surface area (Å²) in [7, 11) is 0. The molecule has 0 saturated carbocycles. The van der Waals surface area contributed by atoms with Crippen molar-refractivity contribution in [2.45, 2.75) is 0 Å². The van der Waals surface area contributed by atoms with Crippen molar-refractivity contribution < 1.29 is 19.1 Å². The van der Waals surface area contributed by atoms with Crippen LogP contribution in [0.15, 0.2) is 48.5 Å². The van der Waals surface area contributed by atoms with E-state index in [1.807, 2.05) is 36.4 Å². The van der Waals surface area contributed by atoms with E-state index >= 15 is 0 Å². The van der Waals surface area contributed by atoms with E-state index < -0.39 is 0 Å². The summed E-state index contributed by atoms with van der Waals surface area (Å²) < 4.78 is 12.0. The van der Waals surface area contributed by atoms with Crippen molar-refractivity contribution in [2.24, 2.45) is 0 Å². The highest BCUT2D eigenvalue weighted by atomic mass is 32.1. The Morgan fingerprint density at radius 2 is 1.86 bits per heavy atom. The number of anilines is 1. The van der Waals surface area contributed by atoms with Gasteiger partial charge in [0.15, 0.2) is 16.6 Å². The number of nitrogens with one attached hydrogen (secondary N) is 2. The normalized spacial score (nSPS) is 12.9. The summed E-state index contributed by atoms with van der Waals surface area (Å²) in [5, 5.41) is 5.70. The molecule has 0 atom stereocenters. The summed E-state index contributed by atoms with van der Waals surface area (Å²) in [6, 6.07) is 13.1. The predicted molar refractivity (Wildman–Crippen MR) is 108 cm³/mol. The second-order valence-corrected chi connectivity index (χ2v) is 7.02. The van der Waals surface area contributed by atoms with Gasteiger partial charge < -0.3 is 20.1 Å². The van der Waals surface area contributed by atoms with Crippen LogP contribution in [-0.4, -0.2) is 36.6 Å². The molecule has 142 valence electrons. The monoisotopic (exact) mass is 395 g/mol. The molecule has 28 heavy (non-hydrogen) atoms. The lowest BCUT2D eigenvalue weighted by Gasteiger charge is -2.17. The number of thiazole rings is 1. The highest BCUT2D eigenvalue weighted by Gasteiger charge is 2.16. The quantitative estimate of drug-likeness (QED) is 0.649. The van der Waals surface area contributed by atoms with E-state index in [9.17, 15) is 9.59 Å². The Morgan fingerprint density at radius 1 is 1.11 bits per heavy atom. The highest BCUT2D eigenvalue weighted by Crippen LogP contribution is 2.37. The minimum absolute atomic E-state index is 0.142. The maximum atomic E-state index is 12.1. The fourth-order valence-electron chi connectivity index (χ4n) is 2.64. The zero-order valence-electron chi connectivity index (χ0n) is 14.8. The Hall–Kier alpha value is -3.39. The molecule has 1 aliphatic rings. The van der Waals surface area contributed by atoms with Crippen molar-refractivity contribution in [2.75, 3.05) is 25.1 Å². The van der Waals surface area contributed by atoms with Crippen molar-refractivity contribution in [3.63, 3.8) is 0 Å². The van der Waals surface area contributed by atoms with E-state index in [-0.39, 0.29) is 18.4 Å². The number of carbonyl (C=O) groups is 2. The largest absolute Gasteiger partial charge is 0.486 e. The third-order valence-electron chi connectivity index (χ3n) is 3.95. The van der Waals surface area contributed by atoms with Gasteiger partial charge in [0, 0.05) is 18.2 Å². The number of amides is 2. The van der Waals surface area contributed by atoms with Gasteiger partial charge in [-0.05, 0) is 11.6 Å². The first kappa shape index (κ1) is 18.0. The molecule has 0 aliphatic carbocycles. The van der Waals surface area contributed by atoms with Crippen molar-refractivity contribution in [3.05, 3.63) is 54.1 Å². The summed E-state index contributed by atoms with van der Waals surface area (Å²) in [4.78, 5) is 28.3. The van der Waals surface area contributed by atoms with Crippen LogP contribution in [0.25, 0.3) is 16.3 Å². The number of benzene rings is 2. The third-order valence-corrected chi connectivity index (χ3v) is 4.88. The molecule has 3 aromatic rings. The lowest BCUT2D eigenvalue weighted by Crippen LogP contribution is -2.31. The highest BCUT2D eigenvalue weighted by molar-refractivity contribution is 7.22. The molecule has 2 heterocycles. The van der Waals surface area contributed by atoms with Crippen LogP contribution in [0.5, 0.6) is 11.5 Å². The van der Waals surface area contributed by atoms with E-state index in [4.69, 9.17) is 9.47 Å². The van der Waals surface area contributed by atoms with Gasteiger partial charge in [-0.15, -0.1) is 0 Å². The van der Waals surface area contributed by atoms with E-state index in [0.29, 0.717) is 29.8 Å². The lowest BCUT2D eigenvalue weighted by molar-refractivity contribution is -0.121. The molecule has 8 heteroatoms. The van der Waals surface area contributed by atoms with Crippen LogP contribution in [0.2, 0.25) is 0 Å². The second kappa shape index (κ2) is 8.10. The van der Waals surface area contributed by atoms with Gasteiger partial charge in [-0.25, -0.2) is 4.98 Å². The van der Waals surface area contributed by atoms with Crippen LogP contribution < -0.4 is 20.1 Å². The van der Waals surface area contributed by atoms with Gasteiger partial charge in [0.2, 0.25) is 11.8 Å². The molecule has 0 fully saturated rings. The Morgan fingerprint density at radius 3 is 2.64 bits per heavy atom. The molecule has 2 amide bonds. The maximum Gasteiger partial charge on any atom is 0.245 e. The summed E-state index contributed by atoms with van der Waals surface area (Å²) >= 11 is 1.33. The summed E-state index contributed by atoms with van der Waals surface area (Å²) in [6.07, 6.45) is 3.08. The Bertz CT molecular complexity index is 1000. The van der Waals surface area contributed by atoms with Crippen molar-refractivity contribution in [1.29, 1.82) is 0 Å².